The fourth-order valence-corrected chi connectivity index (χ4v) is 4.16. The Balaban J connectivity index is 1.95. The van der Waals surface area contributed by atoms with Gasteiger partial charge in [0.25, 0.3) is 0 Å². The van der Waals surface area contributed by atoms with E-state index < -0.39 is 0 Å². The average Bonchev–Trinajstić information content (AvgIpc) is 2.46. The van der Waals surface area contributed by atoms with Crippen molar-refractivity contribution in [2.24, 2.45) is 0 Å². The first-order chi connectivity index (χ1) is 8.92. The zero-order valence-corrected chi connectivity index (χ0v) is 12.4. The van der Waals surface area contributed by atoms with Crippen molar-refractivity contribution < 1.29 is 0 Å². The molecule has 0 nitrogen and oxygen atoms in total. The predicted molar refractivity (Wildman–Crippen MR) is 83.5 cm³/mol. The van der Waals surface area contributed by atoms with E-state index in [1.807, 2.05) is 0 Å². The lowest BCUT2D eigenvalue weighted by atomic mass is 9.30. The van der Waals surface area contributed by atoms with Crippen molar-refractivity contribution in [3.63, 3.8) is 0 Å². The fourth-order valence-electron chi connectivity index (χ4n) is 4.16. The van der Waals surface area contributed by atoms with Crippen LogP contribution in [-0.2, 0) is 0 Å². The molecule has 2 aliphatic rings. The fraction of sp³-hybridized carbons (Fsp3) is 0.882. The van der Waals surface area contributed by atoms with Crippen LogP contribution in [0.4, 0.5) is 0 Å². The molecule has 2 saturated carbocycles. The van der Waals surface area contributed by atoms with E-state index in [0.717, 1.165) is 18.3 Å². The summed E-state index contributed by atoms with van der Waals surface area (Å²) < 4.78 is 0. The van der Waals surface area contributed by atoms with Crippen LogP contribution in [0, 0.1) is 0 Å². The molecule has 18 heavy (non-hydrogen) atoms. The van der Waals surface area contributed by atoms with E-state index in [1.54, 1.807) is 0 Å². The van der Waals surface area contributed by atoms with Crippen LogP contribution in [0.3, 0.4) is 0 Å². The minimum Gasteiger partial charge on any atom is -0.118 e. The third kappa shape index (κ3) is 4.18. The van der Waals surface area contributed by atoms with E-state index in [0.29, 0.717) is 0 Å². The first-order valence-corrected chi connectivity index (χ1v) is 8.58. The molecule has 0 atom stereocenters. The summed E-state index contributed by atoms with van der Waals surface area (Å²) in [4.78, 5) is 0. The van der Waals surface area contributed by atoms with Crippen molar-refractivity contribution in [2.75, 3.05) is 0 Å². The van der Waals surface area contributed by atoms with Crippen LogP contribution in [0.5, 0.6) is 0 Å². The highest BCUT2D eigenvalue weighted by molar-refractivity contribution is 6.67. The molecule has 2 aliphatic carbocycles. The van der Waals surface area contributed by atoms with Crippen LogP contribution in [0.2, 0.25) is 11.6 Å². The van der Waals surface area contributed by atoms with Gasteiger partial charge in [-0.3, -0.25) is 0 Å². The van der Waals surface area contributed by atoms with E-state index in [2.05, 4.69) is 19.0 Å². The lowest BCUT2D eigenvalue weighted by molar-refractivity contribution is 0.464. The molecule has 0 N–H and O–H groups in total. The van der Waals surface area contributed by atoms with Crippen LogP contribution in [0.1, 0.15) is 84.0 Å². The second-order valence-corrected chi connectivity index (χ2v) is 6.59. The van der Waals surface area contributed by atoms with Gasteiger partial charge in [-0.25, -0.2) is 0 Å². The molecule has 0 heterocycles. The summed E-state index contributed by atoms with van der Waals surface area (Å²) in [7, 11) is 0. The first-order valence-electron chi connectivity index (χ1n) is 8.58. The molecule has 0 aliphatic heterocycles. The molecule has 2 fully saturated rings. The zero-order chi connectivity index (χ0) is 12.6. The van der Waals surface area contributed by atoms with Gasteiger partial charge in [0.05, 0.1) is 0 Å². The Labute approximate surface area is 115 Å². The Kier molecular flexibility index (Phi) is 6.38. The normalized spacial score (nSPS) is 23.6. The summed E-state index contributed by atoms with van der Waals surface area (Å²) >= 11 is 0. The summed E-state index contributed by atoms with van der Waals surface area (Å²) in [6.45, 7) is 3.22. The molecular formula is C17H31B. The Bertz CT molecular complexity index is 216. The van der Waals surface area contributed by atoms with Crippen LogP contribution in [0.25, 0.3) is 0 Å². The van der Waals surface area contributed by atoms with Gasteiger partial charge < -0.3 is 0 Å². The molecular weight excluding hydrogens is 215 g/mol. The summed E-state index contributed by atoms with van der Waals surface area (Å²) in [5.74, 6) is 4.68. The summed E-state index contributed by atoms with van der Waals surface area (Å²) in [6, 6.07) is 0. The molecule has 2 rings (SSSR count). The standard InChI is InChI=1S/C17H31B/c1-2-3-10-15-18(16-11-6-4-7-12-16)17-13-8-5-9-14-17/h10,15-17H,2-9,11-14H2,1H3/b15-10+. The minimum atomic E-state index is 0.928. The molecule has 0 saturated heterocycles. The second-order valence-electron chi connectivity index (χ2n) is 6.59. The Morgan fingerprint density at radius 2 is 1.33 bits per heavy atom. The smallest absolute Gasteiger partial charge is 0.118 e. The highest BCUT2D eigenvalue weighted by Crippen LogP contribution is 2.41. The van der Waals surface area contributed by atoms with Gasteiger partial charge in [-0.2, -0.15) is 0 Å². The van der Waals surface area contributed by atoms with Crippen molar-refractivity contribution in [2.45, 2.75) is 95.6 Å². The first kappa shape index (κ1) is 14.2. The molecule has 0 radical (unpaired) electrons. The molecule has 0 aromatic carbocycles. The summed E-state index contributed by atoms with van der Waals surface area (Å²) in [5, 5.41) is 0. The second kappa shape index (κ2) is 8.07. The molecule has 0 unspecified atom stereocenters. The molecule has 0 amide bonds. The van der Waals surface area contributed by atoms with E-state index in [4.69, 9.17) is 0 Å². The zero-order valence-electron chi connectivity index (χ0n) is 12.4. The van der Waals surface area contributed by atoms with Crippen molar-refractivity contribution in [3.8, 4) is 0 Å². The molecule has 0 bridgehead atoms. The average molecular weight is 246 g/mol. The van der Waals surface area contributed by atoms with Gasteiger partial charge in [-0.15, -0.1) is 5.98 Å². The van der Waals surface area contributed by atoms with Gasteiger partial charge in [-0.1, -0.05) is 95.3 Å². The van der Waals surface area contributed by atoms with E-state index in [-0.39, 0.29) is 0 Å². The quantitative estimate of drug-likeness (QED) is 0.518. The van der Waals surface area contributed by atoms with Crippen molar-refractivity contribution in [1.82, 2.24) is 0 Å². The van der Waals surface area contributed by atoms with Crippen molar-refractivity contribution >= 4 is 6.71 Å². The van der Waals surface area contributed by atoms with E-state index in [1.165, 1.54) is 77.0 Å². The van der Waals surface area contributed by atoms with Crippen LogP contribution >= 0.6 is 0 Å². The molecule has 0 aromatic rings. The summed E-state index contributed by atoms with van der Waals surface area (Å²) in [6.07, 6.45) is 20.1. The van der Waals surface area contributed by atoms with Crippen LogP contribution in [0.15, 0.2) is 12.1 Å². The Morgan fingerprint density at radius 3 is 1.78 bits per heavy atom. The number of rotatable bonds is 5. The number of allylic oxidation sites excluding steroid dienone is 1. The highest BCUT2D eigenvalue weighted by Gasteiger charge is 2.32. The number of hydrogen-bond acceptors (Lipinski definition) is 0. The minimum absolute atomic E-state index is 0.928. The third-order valence-corrected chi connectivity index (χ3v) is 5.20. The third-order valence-electron chi connectivity index (χ3n) is 5.20. The monoisotopic (exact) mass is 246 g/mol. The molecule has 0 spiro atoms. The SMILES string of the molecule is CCC/C=C/B(C1CCCCC1)C1CCCCC1. The lowest BCUT2D eigenvalue weighted by Crippen LogP contribution is -2.28. The van der Waals surface area contributed by atoms with Crippen molar-refractivity contribution in [3.05, 3.63) is 12.1 Å². The largest absolute Gasteiger partial charge is 0.172 e. The predicted octanol–water partition coefficient (Wildman–Crippen LogP) is 6.05. The highest BCUT2D eigenvalue weighted by atomic mass is 14.2. The van der Waals surface area contributed by atoms with Gasteiger partial charge >= 0.3 is 0 Å². The molecule has 102 valence electrons. The van der Waals surface area contributed by atoms with E-state index in [9.17, 15) is 0 Å². The van der Waals surface area contributed by atoms with Crippen LogP contribution in [-0.4, -0.2) is 6.71 Å². The Hall–Kier alpha value is -0.195. The van der Waals surface area contributed by atoms with Gasteiger partial charge in [0.1, 0.15) is 0 Å². The lowest BCUT2D eigenvalue weighted by Gasteiger charge is -2.34. The Morgan fingerprint density at radius 1 is 0.833 bits per heavy atom. The van der Waals surface area contributed by atoms with Gasteiger partial charge in [0.15, 0.2) is 6.71 Å². The summed E-state index contributed by atoms with van der Waals surface area (Å²) in [5.41, 5.74) is 0. The number of hydrogen-bond donors (Lipinski definition) is 0. The van der Waals surface area contributed by atoms with Gasteiger partial charge in [0.2, 0.25) is 0 Å². The van der Waals surface area contributed by atoms with E-state index >= 15 is 0 Å². The molecule has 1 heteroatoms. The van der Waals surface area contributed by atoms with Crippen LogP contribution < -0.4 is 0 Å². The van der Waals surface area contributed by atoms with Gasteiger partial charge in [0, 0.05) is 0 Å². The maximum Gasteiger partial charge on any atom is 0.172 e. The maximum atomic E-state index is 2.63. The maximum absolute atomic E-state index is 2.63. The topological polar surface area (TPSA) is 0 Å². The van der Waals surface area contributed by atoms with Crippen molar-refractivity contribution in [1.29, 1.82) is 0 Å². The molecule has 0 aromatic heterocycles. The number of unbranched alkanes of at least 4 members (excludes halogenated alkanes) is 1. The van der Waals surface area contributed by atoms with Gasteiger partial charge in [-0.05, 0) is 6.42 Å².